The number of carbonyl (C=O) groups excluding carboxylic acids is 1. The second-order valence-electron chi connectivity index (χ2n) is 12.1. The van der Waals surface area contributed by atoms with Crippen LogP contribution in [-0.2, 0) is 4.79 Å². The van der Waals surface area contributed by atoms with Gasteiger partial charge in [-0.1, -0.05) is 12.6 Å². The van der Waals surface area contributed by atoms with Crippen molar-refractivity contribution in [3.8, 4) is 17.3 Å². The maximum absolute atomic E-state index is 16.5. The topological polar surface area (TPSA) is 103 Å². The summed E-state index contributed by atoms with van der Waals surface area (Å²) in [5.41, 5.74) is 2.96. The van der Waals surface area contributed by atoms with Gasteiger partial charge in [0.2, 0.25) is 5.91 Å². The van der Waals surface area contributed by atoms with Gasteiger partial charge in [-0.2, -0.15) is 15.1 Å². The van der Waals surface area contributed by atoms with E-state index in [0.29, 0.717) is 23.4 Å². The summed E-state index contributed by atoms with van der Waals surface area (Å²) < 4.78 is 22.7. The van der Waals surface area contributed by atoms with Crippen LogP contribution in [0.1, 0.15) is 31.2 Å². The van der Waals surface area contributed by atoms with Crippen molar-refractivity contribution in [1.29, 1.82) is 0 Å². The van der Waals surface area contributed by atoms with Crippen LogP contribution in [0.5, 0.6) is 6.01 Å². The second kappa shape index (κ2) is 10.3. The van der Waals surface area contributed by atoms with Gasteiger partial charge in [0, 0.05) is 54.8 Å². The van der Waals surface area contributed by atoms with Gasteiger partial charge >= 0.3 is 6.01 Å². The lowest BCUT2D eigenvalue weighted by molar-refractivity contribution is -0.139. The van der Waals surface area contributed by atoms with Crippen molar-refractivity contribution >= 4 is 33.5 Å². The Morgan fingerprint density at radius 3 is 2.74 bits per heavy atom. The highest BCUT2D eigenvalue weighted by Crippen LogP contribution is 2.43. The van der Waals surface area contributed by atoms with E-state index in [1.165, 1.54) is 6.08 Å². The summed E-state index contributed by atoms with van der Waals surface area (Å²) in [5.74, 6) is 0.124. The minimum absolute atomic E-state index is 0.0155. The monoisotopic (exact) mass is 570 g/mol. The van der Waals surface area contributed by atoms with Crippen LogP contribution in [0.15, 0.2) is 37.2 Å². The summed E-state index contributed by atoms with van der Waals surface area (Å²) >= 11 is 0. The molecule has 7 rings (SSSR count). The van der Waals surface area contributed by atoms with Gasteiger partial charge < -0.3 is 19.4 Å². The Morgan fingerprint density at radius 1 is 1.19 bits per heavy atom. The first-order chi connectivity index (χ1) is 20.4. The predicted octanol–water partition coefficient (Wildman–Crippen LogP) is 4.10. The molecule has 4 aromatic rings. The number of aromatic amines is 1. The third-order valence-electron chi connectivity index (χ3n) is 9.45. The minimum Gasteiger partial charge on any atom is -0.462 e. The fourth-order valence-electron chi connectivity index (χ4n) is 6.86. The van der Waals surface area contributed by atoms with Gasteiger partial charge in [0.25, 0.3) is 0 Å². The molecular formula is C31H35FN8O2. The van der Waals surface area contributed by atoms with E-state index in [1.807, 2.05) is 24.0 Å². The Kier molecular flexibility index (Phi) is 6.56. The first kappa shape index (κ1) is 26.8. The van der Waals surface area contributed by atoms with Crippen molar-refractivity contribution in [3.63, 3.8) is 0 Å². The van der Waals surface area contributed by atoms with Crippen molar-refractivity contribution in [2.24, 2.45) is 5.41 Å². The molecule has 6 heterocycles. The van der Waals surface area contributed by atoms with Crippen LogP contribution in [0.4, 0.5) is 10.2 Å². The van der Waals surface area contributed by atoms with E-state index < -0.39 is 5.82 Å². The summed E-state index contributed by atoms with van der Waals surface area (Å²) in [4.78, 5) is 32.4. The van der Waals surface area contributed by atoms with E-state index >= 15 is 4.39 Å². The van der Waals surface area contributed by atoms with E-state index in [1.54, 1.807) is 12.4 Å². The molecule has 3 aliphatic heterocycles. The first-order valence-corrected chi connectivity index (χ1v) is 14.6. The quantitative estimate of drug-likeness (QED) is 0.346. The number of likely N-dealkylation sites (tertiary alicyclic amines) is 2. The molecule has 0 radical (unpaired) electrons. The number of aryl methyl sites for hydroxylation is 1. The molecule has 3 fully saturated rings. The van der Waals surface area contributed by atoms with Crippen LogP contribution >= 0.6 is 0 Å². The van der Waals surface area contributed by atoms with Crippen LogP contribution in [0.3, 0.4) is 0 Å². The van der Waals surface area contributed by atoms with E-state index in [4.69, 9.17) is 9.72 Å². The van der Waals surface area contributed by atoms with Gasteiger partial charge in [0.15, 0.2) is 5.82 Å². The standard InChI is InChI=1S/C31H35FN8O2/c1-4-24(41)40-17-31(18-40)9-12-39(13-10-31)29-22-14-33-28(25-19(2)7-8-23-21(25)15-34-37-23)26(32)27(22)35-30(36-29)42-16-20-6-5-11-38(20)3/h4,7-8,14-15,20H,1,5-6,9-13,16-18H2,2-3H3,(H,34,37)/t20-/m0/s1. The van der Waals surface area contributed by atoms with Crippen LogP contribution in [0.2, 0.25) is 0 Å². The fourth-order valence-corrected chi connectivity index (χ4v) is 6.86. The molecule has 0 unspecified atom stereocenters. The SMILES string of the molecule is C=CC(=O)N1CC2(CCN(c3nc(OC[C@@H]4CCCN4C)nc4c(F)c(-c5c(C)ccc6[nH]ncc56)ncc34)CC2)C1. The van der Waals surface area contributed by atoms with Crippen LogP contribution < -0.4 is 9.64 Å². The lowest BCUT2D eigenvalue weighted by Crippen LogP contribution is -2.61. The van der Waals surface area contributed by atoms with Crippen LogP contribution in [0, 0.1) is 18.2 Å². The maximum atomic E-state index is 16.5. The number of H-pyrrole nitrogens is 1. The highest BCUT2D eigenvalue weighted by molar-refractivity contribution is 5.98. The molecule has 3 saturated heterocycles. The number of rotatable bonds is 6. The fraction of sp³-hybridized carbons (Fsp3) is 0.452. The van der Waals surface area contributed by atoms with Crippen molar-refractivity contribution in [2.75, 3.05) is 51.3 Å². The summed E-state index contributed by atoms with van der Waals surface area (Å²) in [5, 5.41) is 8.50. The third kappa shape index (κ3) is 4.46. The van der Waals surface area contributed by atoms with Gasteiger partial charge in [-0.15, -0.1) is 0 Å². The number of likely N-dealkylation sites (N-methyl/N-ethyl adjacent to an activating group) is 1. The molecule has 0 aliphatic carbocycles. The molecule has 11 heteroatoms. The average Bonchev–Trinajstić information content (AvgIpc) is 3.63. The van der Waals surface area contributed by atoms with Crippen molar-refractivity contribution in [1.82, 2.24) is 34.9 Å². The molecule has 0 bridgehead atoms. The van der Waals surface area contributed by atoms with Gasteiger partial charge in [0.1, 0.15) is 23.6 Å². The molecule has 0 saturated carbocycles. The maximum Gasteiger partial charge on any atom is 0.319 e. The second-order valence-corrected chi connectivity index (χ2v) is 12.1. The number of fused-ring (bicyclic) bond motifs is 2. The molecule has 3 aliphatic rings. The van der Waals surface area contributed by atoms with Gasteiger partial charge in [-0.25, -0.2) is 4.39 Å². The molecule has 218 valence electrons. The van der Waals surface area contributed by atoms with Crippen LogP contribution in [-0.4, -0.2) is 93.3 Å². The largest absolute Gasteiger partial charge is 0.462 e. The molecular weight excluding hydrogens is 535 g/mol. The normalized spacial score (nSPS) is 20.4. The van der Waals surface area contributed by atoms with Crippen molar-refractivity contribution < 1.29 is 13.9 Å². The average molecular weight is 571 g/mol. The highest BCUT2D eigenvalue weighted by atomic mass is 19.1. The molecule has 1 amide bonds. The summed E-state index contributed by atoms with van der Waals surface area (Å²) in [6.07, 6.45) is 8.78. The molecule has 1 aromatic carbocycles. The zero-order valence-corrected chi connectivity index (χ0v) is 24.1. The number of benzene rings is 1. The lowest BCUT2D eigenvalue weighted by atomic mass is 9.72. The number of hydrogen-bond donors (Lipinski definition) is 1. The smallest absolute Gasteiger partial charge is 0.319 e. The number of halogens is 1. The van der Waals surface area contributed by atoms with E-state index in [0.717, 1.165) is 74.9 Å². The summed E-state index contributed by atoms with van der Waals surface area (Å²) in [7, 11) is 2.10. The van der Waals surface area contributed by atoms with Crippen molar-refractivity contribution in [3.05, 3.63) is 48.6 Å². The molecule has 1 spiro atoms. The molecule has 42 heavy (non-hydrogen) atoms. The highest BCUT2D eigenvalue weighted by Gasteiger charge is 2.46. The zero-order chi connectivity index (χ0) is 29.0. The van der Waals surface area contributed by atoms with Crippen molar-refractivity contribution in [2.45, 2.75) is 38.6 Å². The lowest BCUT2D eigenvalue weighted by Gasteiger charge is -2.53. The third-order valence-corrected chi connectivity index (χ3v) is 9.45. The van der Waals surface area contributed by atoms with E-state index in [-0.39, 0.29) is 34.6 Å². The Balaban J connectivity index is 1.25. The number of pyridine rings is 1. The van der Waals surface area contributed by atoms with E-state index in [2.05, 4.69) is 43.6 Å². The number of ether oxygens (including phenoxy) is 1. The number of piperidine rings is 1. The van der Waals surface area contributed by atoms with Gasteiger partial charge in [0.05, 0.1) is 17.1 Å². The minimum atomic E-state index is -0.498. The number of amides is 1. The number of nitrogens with zero attached hydrogens (tertiary/aromatic N) is 7. The molecule has 1 atom stereocenters. The number of hydrogen-bond acceptors (Lipinski definition) is 8. The van der Waals surface area contributed by atoms with Crippen LogP contribution in [0.25, 0.3) is 33.1 Å². The zero-order valence-electron chi connectivity index (χ0n) is 24.1. The van der Waals surface area contributed by atoms with Gasteiger partial charge in [-0.3, -0.25) is 14.9 Å². The number of carbonyl (C=O) groups is 1. The Morgan fingerprint density at radius 2 is 2.00 bits per heavy atom. The Labute approximate surface area is 243 Å². The molecule has 1 N–H and O–H groups in total. The number of anilines is 1. The first-order valence-electron chi connectivity index (χ1n) is 14.6. The molecule has 3 aromatic heterocycles. The number of nitrogens with one attached hydrogen (secondary N) is 1. The molecule has 10 nitrogen and oxygen atoms in total. The number of aromatic nitrogens is 5. The summed E-state index contributed by atoms with van der Waals surface area (Å²) in [6.45, 7) is 10.0. The Hall–Kier alpha value is -4.12. The summed E-state index contributed by atoms with van der Waals surface area (Å²) in [6, 6.07) is 4.33. The predicted molar refractivity (Wildman–Crippen MR) is 159 cm³/mol. The Bertz CT molecular complexity index is 1690. The van der Waals surface area contributed by atoms with Gasteiger partial charge in [-0.05, 0) is 63.9 Å². The van der Waals surface area contributed by atoms with E-state index in [9.17, 15) is 4.79 Å².